The molecule has 1 heterocycles. The van der Waals surface area contributed by atoms with Crippen LogP contribution in [0.2, 0.25) is 0 Å². The molecule has 2 nitrogen and oxygen atoms in total. The Hall–Kier alpha value is -0.0800. The Labute approximate surface area is 102 Å². The largest absolute Gasteiger partial charge is 0.379 e. The van der Waals surface area contributed by atoms with Gasteiger partial charge in [0, 0.05) is 13.2 Å². The second-order valence-corrected chi connectivity index (χ2v) is 5.60. The van der Waals surface area contributed by atoms with Gasteiger partial charge in [-0.1, -0.05) is 20.8 Å². The van der Waals surface area contributed by atoms with Gasteiger partial charge < -0.3 is 9.47 Å². The van der Waals surface area contributed by atoms with Crippen molar-refractivity contribution in [1.29, 1.82) is 0 Å². The van der Waals surface area contributed by atoms with Crippen molar-refractivity contribution in [2.45, 2.75) is 66.6 Å². The average Bonchev–Trinajstić information content (AvgIpc) is 2.20. The minimum Gasteiger partial charge on any atom is -0.379 e. The van der Waals surface area contributed by atoms with Crippen molar-refractivity contribution in [2.75, 3.05) is 13.2 Å². The molecule has 98 valence electrons. The lowest BCUT2D eigenvalue weighted by atomic mass is 10.0. The van der Waals surface area contributed by atoms with E-state index in [1.165, 1.54) is 12.8 Å². The van der Waals surface area contributed by atoms with Gasteiger partial charge in [-0.3, -0.25) is 0 Å². The summed E-state index contributed by atoms with van der Waals surface area (Å²) in [5.41, 5.74) is 0. The van der Waals surface area contributed by atoms with Crippen LogP contribution in [0.25, 0.3) is 0 Å². The Morgan fingerprint density at radius 1 is 1.12 bits per heavy atom. The van der Waals surface area contributed by atoms with Crippen LogP contribution in [0.4, 0.5) is 0 Å². The molecular weight excluding hydrogens is 200 g/mol. The van der Waals surface area contributed by atoms with Crippen LogP contribution in [-0.2, 0) is 9.47 Å². The van der Waals surface area contributed by atoms with Gasteiger partial charge in [-0.15, -0.1) is 0 Å². The highest BCUT2D eigenvalue weighted by Gasteiger charge is 2.13. The molecule has 0 aromatic heterocycles. The number of ether oxygens (including phenoxy) is 2. The zero-order valence-electron chi connectivity index (χ0n) is 12.0. The molecule has 0 radical (unpaired) electrons. The first-order chi connectivity index (χ1) is 7.41. The summed E-state index contributed by atoms with van der Waals surface area (Å²) in [4.78, 5) is 0. The highest BCUT2D eigenvalue weighted by Crippen LogP contribution is 2.16. The predicted molar refractivity (Wildman–Crippen MR) is 69.7 cm³/mol. The highest BCUT2D eigenvalue weighted by atomic mass is 16.5. The van der Waals surface area contributed by atoms with Gasteiger partial charge in [0.15, 0.2) is 0 Å². The van der Waals surface area contributed by atoms with Crippen molar-refractivity contribution >= 4 is 0 Å². The lowest BCUT2D eigenvalue weighted by molar-refractivity contribution is 0.000267. The van der Waals surface area contributed by atoms with Gasteiger partial charge in [-0.2, -0.15) is 0 Å². The van der Waals surface area contributed by atoms with E-state index in [-0.39, 0.29) is 0 Å². The van der Waals surface area contributed by atoms with E-state index in [2.05, 4.69) is 41.5 Å². The van der Waals surface area contributed by atoms with Crippen LogP contribution >= 0.6 is 0 Å². The summed E-state index contributed by atoms with van der Waals surface area (Å²) in [7, 11) is 0. The molecule has 1 aliphatic heterocycles. The molecule has 1 saturated heterocycles. The minimum absolute atomic E-state index is 0.386. The number of rotatable bonds is 3. The van der Waals surface area contributed by atoms with Gasteiger partial charge in [0.1, 0.15) is 0 Å². The van der Waals surface area contributed by atoms with Crippen molar-refractivity contribution in [1.82, 2.24) is 0 Å². The van der Waals surface area contributed by atoms with E-state index in [1.807, 2.05) is 0 Å². The van der Waals surface area contributed by atoms with E-state index >= 15 is 0 Å². The molecule has 0 amide bonds. The third-order valence-electron chi connectivity index (χ3n) is 2.49. The van der Waals surface area contributed by atoms with Gasteiger partial charge >= 0.3 is 0 Å². The maximum absolute atomic E-state index is 5.39. The van der Waals surface area contributed by atoms with Crippen LogP contribution < -0.4 is 0 Å². The molecule has 2 unspecified atom stereocenters. The third-order valence-corrected chi connectivity index (χ3v) is 2.49. The summed E-state index contributed by atoms with van der Waals surface area (Å²) in [5.74, 6) is 1.46. The molecule has 0 spiro atoms. The molecule has 0 aliphatic carbocycles. The topological polar surface area (TPSA) is 18.5 Å². The summed E-state index contributed by atoms with van der Waals surface area (Å²) in [6.45, 7) is 14.7. The summed E-state index contributed by atoms with van der Waals surface area (Å²) >= 11 is 0. The Morgan fingerprint density at radius 2 is 1.75 bits per heavy atom. The highest BCUT2D eigenvalue weighted by molar-refractivity contribution is 4.62. The second-order valence-electron chi connectivity index (χ2n) is 5.60. The normalized spacial score (nSPS) is 25.5. The zero-order valence-corrected chi connectivity index (χ0v) is 12.0. The lowest BCUT2D eigenvalue weighted by Crippen LogP contribution is -2.21. The molecule has 16 heavy (non-hydrogen) atoms. The third kappa shape index (κ3) is 10.4. The fourth-order valence-electron chi connectivity index (χ4n) is 1.40. The van der Waals surface area contributed by atoms with Crippen LogP contribution in [0.15, 0.2) is 0 Å². The molecule has 0 N–H and O–H groups in total. The molecule has 1 rings (SSSR count). The van der Waals surface area contributed by atoms with E-state index in [1.54, 1.807) is 0 Å². The van der Waals surface area contributed by atoms with Crippen LogP contribution in [0.3, 0.4) is 0 Å². The van der Waals surface area contributed by atoms with Crippen molar-refractivity contribution in [3.8, 4) is 0 Å². The van der Waals surface area contributed by atoms with Gasteiger partial charge in [0.05, 0.1) is 12.2 Å². The molecule has 1 aliphatic rings. The van der Waals surface area contributed by atoms with Crippen LogP contribution in [0, 0.1) is 11.8 Å². The fraction of sp³-hybridized carbons (Fsp3) is 1.00. The monoisotopic (exact) mass is 230 g/mol. The van der Waals surface area contributed by atoms with E-state index in [4.69, 9.17) is 9.47 Å². The van der Waals surface area contributed by atoms with Gasteiger partial charge in [-0.05, 0) is 45.4 Å². The standard InChI is InChI=1S/C7H14O.C7H16O/c1-6-3-4-7(2)8-5-6;1-6(2)5-8-7(3)4/h6-7H,3-5H2,1-2H3;6-7H,5H2,1-4H3. The van der Waals surface area contributed by atoms with E-state index in [0.29, 0.717) is 18.1 Å². The summed E-state index contributed by atoms with van der Waals surface area (Å²) in [5, 5.41) is 0. The Balaban J connectivity index is 0.000000281. The Kier molecular flexibility index (Phi) is 8.96. The summed E-state index contributed by atoms with van der Waals surface area (Å²) in [6.07, 6.45) is 3.51. The summed E-state index contributed by atoms with van der Waals surface area (Å²) in [6, 6.07) is 0. The van der Waals surface area contributed by atoms with Crippen molar-refractivity contribution in [2.24, 2.45) is 11.8 Å². The van der Waals surface area contributed by atoms with Crippen molar-refractivity contribution in [3.05, 3.63) is 0 Å². The minimum atomic E-state index is 0.386. The quantitative estimate of drug-likeness (QED) is 0.732. The van der Waals surface area contributed by atoms with Crippen LogP contribution in [-0.4, -0.2) is 25.4 Å². The Bertz CT molecular complexity index is 129. The van der Waals surface area contributed by atoms with Gasteiger partial charge in [-0.25, -0.2) is 0 Å². The van der Waals surface area contributed by atoms with Crippen LogP contribution in [0.1, 0.15) is 54.4 Å². The first-order valence-corrected chi connectivity index (χ1v) is 6.65. The fourth-order valence-corrected chi connectivity index (χ4v) is 1.40. The zero-order chi connectivity index (χ0) is 12.6. The lowest BCUT2D eigenvalue weighted by Gasteiger charge is -2.23. The van der Waals surface area contributed by atoms with Crippen molar-refractivity contribution < 1.29 is 9.47 Å². The SMILES string of the molecule is CC(C)COC(C)C.CC1CCC(C)OC1. The Morgan fingerprint density at radius 3 is 2.00 bits per heavy atom. The number of hydrogen-bond donors (Lipinski definition) is 0. The molecular formula is C14H30O2. The predicted octanol–water partition coefficient (Wildman–Crippen LogP) is 3.89. The van der Waals surface area contributed by atoms with Crippen molar-refractivity contribution in [3.63, 3.8) is 0 Å². The molecule has 2 atom stereocenters. The average molecular weight is 230 g/mol. The summed E-state index contributed by atoms with van der Waals surface area (Å²) < 4.78 is 10.7. The smallest absolute Gasteiger partial charge is 0.0547 e. The van der Waals surface area contributed by atoms with Crippen LogP contribution in [0.5, 0.6) is 0 Å². The van der Waals surface area contributed by atoms with Gasteiger partial charge in [0.2, 0.25) is 0 Å². The van der Waals surface area contributed by atoms with Gasteiger partial charge in [0.25, 0.3) is 0 Å². The molecule has 1 fully saturated rings. The molecule has 0 bridgehead atoms. The maximum atomic E-state index is 5.39. The first-order valence-electron chi connectivity index (χ1n) is 6.65. The van der Waals surface area contributed by atoms with E-state index in [0.717, 1.165) is 19.1 Å². The maximum Gasteiger partial charge on any atom is 0.0547 e. The second kappa shape index (κ2) is 9.00. The molecule has 0 saturated carbocycles. The molecule has 0 aromatic carbocycles. The molecule has 2 heteroatoms. The van der Waals surface area contributed by atoms with E-state index in [9.17, 15) is 0 Å². The number of hydrogen-bond acceptors (Lipinski definition) is 2. The van der Waals surface area contributed by atoms with E-state index < -0.39 is 0 Å². The first kappa shape index (κ1) is 15.9. The molecule has 0 aromatic rings.